The average molecular weight is 301 g/mol. The summed E-state index contributed by atoms with van der Waals surface area (Å²) in [5.41, 5.74) is 0.543. The van der Waals surface area contributed by atoms with Crippen molar-refractivity contribution in [2.45, 2.75) is 25.9 Å². The molecule has 2 aromatic rings. The molecule has 0 fully saturated rings. The number of imidazole rings is 1. The van der Waals surface area contributed by atoms with Gasteiger partial charge >= 0.3 is 6.18 Å². The fourth-order valence-electron chi connectivity index (χ4n) is 1.91. The SMILES string of the molecule is CCCNc1cn2ccnc2c(N(C)CCC(F)(F)F)n1. The minimum atomic E-state index is -4.18. The third-order valence-corrected chi connectivity index (χ3v) is 3.00. The largest absolute Gasteiger partial charge is 0.390 e. The zero-order valence-electron chi connectivity index (χ0n) is 12.0. The first-order chi connectivity index (χ1) is 9.90. The van der Waals surface area contributed by atoms with Gasteiger partial charge in [0.2, 0.25) is 0 Å². The highest BCUT2D eigenvalue weighted by Gasteiger charge is 2.27. The van der Waals surface area contributed by atoms with Crippen LogP contribution in [0.1, 0.15) is 19.8 Å². The van der Waals surface area contributed by atoms with E-state index < -0.39 is 12.6 Å². The van der Waals surface area contributed by atoms with Gasteiger partial charge in [-0.05, 0) is 6.42 Å². The van der Waals surface area contributed by atoms with Crippen LogP contribution < -0.4 is 10.2 Å². The molecule has 0 amide bonds. The van der Waals surface area contributed by atoms with Gasteiger partial charge in [0.1, 0.15) is 5.82 Å². The second-order valence-corrected chi connectivity index (χ2v) is 4.82. The average Bonchev–Trinajstić information content (AvgIpc) is 2.89. The number of aromatic nitrogens is 3. The smallest absolute Gasteiger partial charge is 0.369 e. The molecule has 0 aliphatic heterocycles. The van der Waals surface area contributed by atoms with Crippen LogP contribution in [0.2, 0.25) is 0 Å². The van der Waals surface area contributed by atoms with Gasteiger partial charge in [-0.2, -0.15) is 13.2 Å². The lowest BCUT2D eigenvalue weighted by atomic mass is 10.4. The fourth-order valence-corrected chi connectivity index (χ4v) is 1.91. The van der Waals surface area contributed by atoms with Gasteiger partial charge in [-0.25, -0.2) is 9.97 Å². The second-order valence-electron chi connectivity index (χ2n) is 4.82. The lowest BCUT2D eigenvalue weighted by Crippen LogP contribution is -2.25. The van der Waals surface area contributed by atoms with Crippen molar-refractivity contribution in [2.75, 3.05) is 30.4 Å². The van der Waals surface area contributed by atoms with E-state index in [1.165, 1.54) is 4.90 Å². The Kier molecular flexibility index (Phi) is 4.54. The van der Waals surface area contributed by atoms with Crippen molar-refractivity contribution in [2.24, 2.45) is 0 Å². The second kappa shape index (κ2) is 6.19. The molecule has 0 unspecified atom stereocenters. The lowest BCUT2D eigenvalue weighted by molar-refractivity contribution is -0.132. The standard InChI is InChI=1S/C13H18F3N5/c1-3-5-17-10-9-21-8-6-18-11(21)12(19-10)20(2)7-4-13(14,15)16/h6,8-9,17H,3-5,7H2,1-2H3. The molecule has 0 atom stereocenters. The maximum Gasteiger partial charge on any atom is 0.390 e. The lowest BCUT2D eigenvalue weighted by Gasteiger charge is -2.20. The van der Waals surface area contributed by atoms with Gasteiger partial charge in [0.15, 0.2) is 11.5 Å². The van der Waals surface area contributed by atoms with E-state index in [2.05, 4.69) is 15.3 Å². The molecule has 0 radical (unpaired) electrons. The van der Waals surface area contributed by atoms with Crippen LogP contribution >= 0.6 is 0 Å². The number of fused-ring (bicyclic) bond motifs is 1. The number of nitrogens with one attached hydrogen (secondary N) is 1. The Hall–Kier alpha value is -1.99. The first-order valence-electron chi connectivity index (χ1n) is 6.76. The molecule has 2 rings (SSSR count). The molecule has 8 heteroatoms. The summed E-state index contributed by atoms with van der Waals surface area (Å²) in [6, 6.07) is 0. The summed E-state index contributed by atoms with van der Waals surface area (Å²) in [6.07, 6.45) is 0.988. The normalized spacial score (nSPS) is 11.9. The summed E-state index contributed by atoms with van der Waals surface area (Å²) in [6.45, 7) is 2.62. The Morgan fingerprint density at radius 3 is 2.81 bits per heavy atom. The first-order valence-corrected chi connectivity index (χ1v) is 6.76. The van der Waals surface area contributed by atoms with Crippen molar-refractivity contribution in [3.05, 3.63) is 18.6 Å². The van der Waals surface area contributed by atoms with Gasteiger partial charge in [-0.3, -0.25) is 0 Å². The minimum Gasteiger partial charge on any atom is -0.369 e. The summed E-state index contributed by atoms with van der Waals surface area (Å²) < 4.78 is 38.8. The molecular formula is C13H18F3N5. The fraction of sp³-hybridized carbons (Fsp3) is 0.538. The molecule has 0 saturated carbocycles. The van der Waals surface area contributed by atoms with Gasteiger partial charge in [0.25, 0.3) is 0 Å². The molecule has 21 heavy (non-hydrogen) atoms. The van der Waals surface area contributed by atoms with Crippen LogP contribution in [0.25, 0.3) is 5.65 Å². The number of nitrogens with zero attached hydrogens (tertiary/aromatic N) is 4. The Morgan fingerprint density at radius 1 is 1.38 bits per heavy atom. The third kappa shape index (κ3) is 3.99. The van der Waals surface area contributed by atoms with E-state index in [0.717, 1.165) is 13.0 Å². The third-order valence-electron chi connectivity index (χ3n) is 3.00. The number of hydrogen-bond donors (Lipinski definition) is 1. The van der Waals surface area contributed by atoms with E-state index in [9.17, 15) is 13.2 Å². The quantitative estimate of drug-likeness (QED) is 0.891. The van der Waals surface area contributed by atoms with Crippen LogP contribution in [0.4, 0.5) is 24.8 Å². The predicted molar refractivity (Wildman–Crippen MR) is 75.7 cm³/mol. The van der Waals surface area contributed by atoms with Crippen molar-refractivity contribution in [1.82, 2.24) is 14.4 Å². The zero-order valence-corrected chi connectivity index (χ0v) is 12.0. The Labute approximate surface area is 120 Å². The molecule has 2 aromatic heterocycles. The Balaban J connectivity index is 2.25. The topological polar surface area (TPSA) is 45.5 Å². The van der Waals surface area contributed by atoms with Crippen molar-refractivity contribution in [1.29, 1.82) is 0 Å². The molecule has 0 aromatic carbocycles. The molecule has 1 N–H and O–H groups in total. The van der Waals surface area contributed by atoms with Crippen molar-refractivity contribution >= 4 is 17.3 Å². The summed E-state index contributed by atoms with van der Waals surface area (Å²) >= 11 is 0. The highest BCUT2D eigenvalue weighted by molar-refractivity contribution is 5.66. The van der Waals surface area contributed by atoms with Crippen LogP contribution in [0, 0.1) is 0 Å². The number of anilines is 2. The number of alkyl halides is 3. The van der Waals surface area contributed by atoms with Crippen LogP contribution in [0.15, 0.2) is 18.6 Å². The van der Waals surface area contributed by atoms with Gasteiger partial charge < -0.3 is 14.6 Å². The molecule has 0 spiro atoms. The van der Waals surface area contributed by atoms with E-state index in [0.29, 0.717) is 17.3 Å². The highest BCUT2D eigenvalue weighted by Crippen LogP contribution is 2.23. The van der Waals surface area contributed by atoms with Crippen molar-refractivity contribution < 1.29 is 13.2 Å². The predicted octanol–water partition coefficient (Wildman–Crippen LogP) is 2.94. The molecule has 0 aliphatic carbocycles. The van der Waals surface area contributed by atoms with Gasteiger partial charge in [0.05, 0.1) is 12.6 Å². The van der Waals surface area contributed by atoms with E-state index >= 15 is 0 Å². The molecule has 2 heterocycles. The zero-order chi connectivity index (χ0) is 15.5. The minimum absolute atomic E-state index is 0.156. The van der Waals surface area contributed by atoms with Crippen LogP contribution in [-0.2, 0) is 0 Å². The molecule has 5 nitrogen and oxygen atoms in total. The van der Waals surface area contributed by atoms with E-state index in [1.54, 1.807) is 30.0 Å². The molecule has 0 saturated heterocycles. The first kappa shape index (κ1) is 15.4. The number of hydrogen-bond acceptors (Lipinski definition) is 4. The summed E-state index contributed by atoms with van der Waals surface area (Å²) in [5, 5.41) is 3.14. The van der Waals surface area contributed by atoms with Gasteiger partial charge in [0, 0.05) is 32.5 Å². The monoisotopic (exact) mass is 301 g/mol. The Morgan fingerprint density at radius 2 is 2.14 bits per heavy atom. The maximum atomic E-state index is 12.4. The van der Waals surface area contributed by atoms with Gasteiger partial charge in [-0.1, -0.05) is 6.92 Å². The van der Waals surface area contributed by atoms with Crippen LogP contribution in [0.3, 0.4) is 0 Å². The maximum absolute atomic E-state index is 12.4. The van der Waals surface area contributed by atoms with Crippen LogP contribution in [-0.4, -0.2) is 40.7 Å². The Bertz CT molecular complexity index is 593. The number of halogens is 3. The van der Waals surface area contributed by atoms with E-state index in [1.807, 2.05) is 6.92 Å². The molecular weight excluding hydrogens is 283 g/mol. The van der Waals surface area contributed by atoms with E-state index in [-0.39, 0.29) is 6.54 Å². The van der Waals surface area contributed by atoms with Crippen LogP contribution in [0.5, 0.6) is 0 Å². The summed E-state index contributed by atoms with van der Waals surface area (Å²) in [4.78, 5) is 10.0. The molecule has 116 valence electrons. The highest BCUT2D eigenvalue weighted by atomic mass is 19.4. The van der Waals surface area contributed by atoms with E-state index in [4.69, 9.17) is 0 Å². The molecule has 0 bridgehead atoms. The van der Waals surface area contributed by atoms with Crippen molar-refractivity contribution in [3.63, 3.8) is 0 Å². The molecule has 0 aliphatic rings. The summed E-state index contributed by atoms with van der Waals surface area (Å²) in [5.74, 6) is 1.06. The summed E-state index contributed by atoms with van der Waals surface area (Å²) in [7, 11) is 1.59. The van der Waals surface area contributed by atoms with Crippen molar-refractivity contribution in [3.8, 4) is 0 Å². The number of rotatable bonds is 6. The van der Waals surface area contributed by atoms with Gasteiger partial charge in [-0.15, -0.1) is 0 Å².